The molecular formula is C28H34N2O5. The Kier molecular flexibility index (Phi) is 8.06. The summed E-state index contributed by atoms with van der Waals surface area (Å²) in [5.74, 6) is -1.07. The van der Waals surface area contributed by atoms with Crippen molar-refractivity contribution >= 4 is 18.0 Å². The number of carboxylic acids is 1. The number of benzene rings is 2. The number of hydrogen-bond donors (Lipinski definition) is 3. The van der Waals surface area contributed by atoms with E-state index in [0.717, 1.165) is 12.8 Å². The average molecular weight is 479 g/mol. The van der Waals surface area contributed by atoms with E-state index in [1.54, 1.807) is 0 Å². The van der Waals surface area contributed by atoms with Crippen LogP contribution in [0.5, 0.6) is 0 Å². The van der Waals surface area contributed by atoms with Gasteiger partial charge < -0.3 is 20.5 Å². The molecule has 1 saturated carbocycles. The second-order valence-electron chi connectivity index (χ2n) is 9.79. The monoisotopic (exact) mass is 478 g/mol. The molecule has 7 heteroatoms. The van der Waals surface area contributed by atoms with Gasteiger partial charge in [-0.15, -0.1) is 0 Å². The molecule has 0 heterocycles. The molecule has 0 aliphatic heterocycles. The zero-order valence-electron chi connectivity index (χ0n) is 20.2. The normalized spacial score (nSPS) is 19.5. The van der Waals surface area contributed by atoms with E-state index < -0.39 is 12.1 Å². The summed E-state index contributed by atoms with van der Waals surface area (Å²) in [5, 5.41) is 15.0. The van der Waals surface area contributed by atoms with Crippen molar-refractivity contribution in [2.45, 2.75) is 44.9 Å². The number of aliphatic carboxylic acids is 1. The van der Waals surface area contributed by atoms with E-state index in [9.17, 15) is 19.5 Å². The molecule has 0 saturated heterocycles. The number of carbonyl (C=O) groups is 3. The van der Waals surface area contributed by atoms with E-state index in [1.165, 1.54) is 22.3 Å². The minimum absolute atomic E-state index is 0.0157. The van der Waals surface area contributed by atoms with Gasteiger partial charge in [0.15, 0.2) is 0 Å². The number of alkyl carbamates (subject to hydrolysis) is 1. The van der Waals surface area contributed by atoms with E-state index in [2.05, 4.69) is 34.9 Å². The van der Waals surface area contributed by atoms with E-state index in [0.29, 0.717) is 32.4 Å². The van der Waals surface area contributed by atoms with Crippen molar-refractivity contribution in [1.29, 1.82) is 0 Å². The van der Waals surface area contributed by atoms with Crippen molar-refractivity contribution in [3.8, 4) is 11.1 Å². The van der Waals surface area contributed by atoms with Gasteiger partial charge in [-0.2, -0.15) is 0 Å². The standard InChI is InChI=1S/C28H34N2O5/c1-18(15-26(31)30-16-19-7-6-12-20(19)27(32)33)13-14-29-28(34)35-17-25-23-10-4-2-8-21(23)22-9-3-5-11-24(22)25/h2-5,8-11,18-20,25H,6-7,12-17H2,1H3,(H,29,34)(H,30,31)(H,32,33). The summed E-state index contributed by atoms with van der Waals surface area (Å²) >= 11 is 0. The van der Waals surface area contributed by atoms with E-state index in [4.69, 9.17) is 4.74 Å². The summed E-state index contributed by atoms with van der Waals surface area (Å²) in [7, 11) is 0. The van der Waals surface area contributed by atoms with Crippen LogP contribution in [0.15, 0.2) is 48.5 Å². The molecule has 7 nitrogen and oxygen atoms in total. The maximum atomic E-state index is 12.3. The fraction of sp³-hybridized carbons (Fsp3) is 0.464. The van der Waals surface area contributed by atoms with E-state index >= 15 is 0 Å². The molecule has 2 aromatic carbocycles. The fourth-order valence-corrected chi connectivity index (χ4v) is 5.41. The Hall–Kier alpha value is -3.35. The Balaban J connectivity index is 1.16. The SMILES string of the molecule is CC(CCNC(=O)OCC1c2ccccc2-c2ccccc21)CC(=O)NCC1CCCC1C(=O)O. The van der Waals surface area contributed by atoms with Crippen molar-refractivity contribution < 1.29 is 24.2 Å². The van der Waals surface area contributed by atoms with Gasteiger partial charge >= 0.3 is 12.1 Å². The molecule has 2 amide bonds. The number of ether oxygens (including phenoxy) is 1. The lowest BCUT2D eigenvalue weighted by atomic mass is 9.96. The van der Waals surface area contributed by atoms with Crippen LogP contribution in [0.3, 0.4) is 0 Å². The van der Waals surface area contributed by atoms with E-state index in [1.807, 2.05) is 31.2 Å². The second kappa shape index (κ2) is 11.4. The number of amides is 2. The van der Waals surface area contributed by atoms with Gasteiger partial charge in [0.2, 0.25) is 5.91 Å². The van der Waals surface area contributed by atoms with Crippen molar-refractivity contribution in [1.82, 2.24) is 10.6 Å². The molecule has 0 bridgehead atoms. The summed E-state index contributed by atoms with van der Waals surface area (Å²) < 4.78 is 5.55. The number of hydrogen-bond acceptors (Lipinski definition) is 4. The van der Waals surface area contributed by atoms with Gasteiger partial charge in [0.25, 0.3) is 0 Å². The predicted octanol–water partition coefficient (Wildman–Crippen LogP) is 4.56. The lowest BCUT2D eigenvalue weighted by Gasteiger charge is -2.18. The summed E-state index contributed by atoms with van der Waals surface area (Å²) in [6.07, 6.45) is 2.97. The summed E-state index contributed by atoms with van der Waals surface area (Å²) in [4.78, 5) is 35.8. The number of rotatable bonds is 10. The molecule has 2 aliphatic carbocycles. The quantitative estimate of drug-likeness (QED) is 0.464. The highest BCUT2D eigenvalue weighted by Gasteiger charge is 2.33. The first-order valence-corrected chi connectivity index (χ1v) is 12.5. The second-order valence-corrected chi connectivity index (χ2v) is 9.79. The van der Waals surface area contributed by atoms with Gasteiger partial charge in [0, 0.05) is 25.4 Å². The largest absolute Gasteiger partial charge is 0.481 e. The first-order chi connectivity index (χ1) is 16.9. The number of carboxylic acid groups (broad SMARTS) is 1. The third kappa shape index (κ3) is 6.02. The Bertz CT molecular complexity index is 1020. The molecule has 186 valence electrons. The van der Waals surface area contributed by atoms with Crippen LogP contribution in [-0.2, 0) is 14.3 Å². The smallest absolute Gasteiger partial charge is 0.407 e. The van der Waals surface area contributed by atoms with Crippen LogP contribution in [-0.4, -0.2) is 42.8 Å². The van der Waals surface area contributed by atoms with Gasteiger partial charge in [-0.25, -0.2) is 4.79 Å². The maximum absolute atomic E-state index is 12.3. The van der Waals surface area contributed by atoms with Crippen LogP contribution < -0.4 is 10.6 Å². The Morgan fingerprint density at radius 1 is 1.00 bits per heavy atom. The number of carbonyl (C=O) groups excluding carboxylic acids is 2. The molecule has 2 aliphatic rings. The zero-order chi connectivity index (χ0) is 24.8. The van der Waals surface area contributed by atoms with Gasteiger partial charge in [-0.05, 0) is 53.4 Å². The first-order valence-electron chi connectivity index (χ1n) is 12.5. The molecule has 35 heavy (non-hydrogen) atoms. The predicted molar refractivity (Wildman–Crippen MR) is 133 cm³/mol. The molecule has 0 radical (unpaired) electrons. The van der Waals surface area contributed by atoms with Gasteiger partial charge in [-0.3, -0.25) is 9.59 Å². The fourth-order valence-electron chi connectivity index (χ4n) is 5.41. The van der Waals surface area contributed by atoms with Crippen LogP contribution in [0.4, 0.5) is 4.79 Å². The summed E-state index contributed by atoms with van der Waals surface area (Å²) in [6.45, 7) is 3.08. The van der Waals surface area contributed by atoms with Crippen LogP contribution >= 0.6 is 0 Å². The third-order valence-electron chi connectivity index (χ3n) is 7.32. The van der Waals surface area contributed by atoms with Gasteiger partial charge in [-0.1, -0.05) is 61.9 Å². The number of fused-ring (bicyclic) bond motifs is 3. The average Bonchev–Trinajstić information content (AvgIpc) is 3.44. The van der Waals surface area contributed by atoms with Crippen molar-refractivity contribution in [2.24, 2.45) is 17.8 Å². The minimum atomic E-state index is -0.769. The Morgan fingerprint density at radius 2 is 1.66 bits per heavy atom. The highest BCUT2D eigenvalue weighted by atomic mass is 16.5. The highest BCUT2D eigenvalue weighted by molar-refractivity contribution is 5.79. The molecule has 2 aromatic rings. The molecule has 3 atom stereocenters. The topological polar surface area (TPSA) is 105 Å². The van der Waals surface area contributed by atoms with E-state index in [-0.39, 0.29) is 36.2 Å². The van der Waals surface area contributed by atoms with Crippen molar-refractivity contribution in [2.75, 3.05) is 19.7 Å². The first kappa shape index (κ1) is 24.8. The van der Waals surface area contributed by atoms with Crippen molar-refractivity contribution in [3.05, 3.63) is 59.7 Å². The third-order valence-corrected chi connectivity index (χ3v) is 7.32. The zero-order valence-corrected chi connectivity index (χ0v) is 20.2. The Morgan fingerprint density at radius 3 is 2.31 bits per heavy atom. The lowest BCUT2D eigenvalue weighted by molar-refractivity contribution is -0.143. The Labute approximate surface area is 206 Å². The van der Waals surface area contributed by atoms with Crippen LogP contribution in [0.1, 0.15) is 56.1 Å². The van der Waals surface area contributed by atoms with Crippen molar-refractivity contribution in [3.63, 3.8) is 0 Å². The molecule has 0 aromatic heterocycles. The molecule has 1 fully saturated rings. The molecule has 3 unspecified atom stereocenters. The molecule has 4 rings (SSSR count). The molecular weight excluding hydrogens is 444 g/mol. The summed E-state index contributed by atoms with van der Waals surface area (Å²) in [5.41, 5.74) is 4.73. The lowest BCUT2D eigenvalue weighted by Crippen LogP contribution is -2.34. The van der Waals surface area contributed by atoms with Gasteiger partial charge in [0.1, 0.15) is 6.61 Å². The molecule has 0 spiro atoms. The number of nitrogens with one attached hydrogen (secondary N) is 2. The van der Waals surface area contributed by atoms with Gasteiger partial charge in [0.05, 0.1) is 5.92 Å². The maximum Gasteiger partial charge on any atom is 0.407 e. The van der Waals surface area contributed by atoms with Crippen LogP contribution in [0, 0.1) is 17.8 Å². The molecule has 3 N–H and O–H groups in total. The summed E-state index contributed by atoms with van der Waals surface area (Å²) in [6, 6.07) is 16.4. The highest BCUT2D eigenvalue weighted by Crippen LogP contribution is 2.44. The van der Waals surface area contributed by atoms with Crippen LogP contribution in [0.25, 0.3) is 11.1 Å². The minimum Gasteiger partial charge on any atom is -0.481 e. The van der Waals surface area contributed by atoms with Crippen LogP contribution in [0.2, 0.25) is 0 Å².